The van der Waals surface area contributed by atoms with Gasteiger partial charge in [-0.15, -0.1) is 0 Å². The largest absolute Gasteiger partial charge is 0.458 e. The lowest BCUT2D eigenvalue weighted by Gasteiger charge is -2.22. The monoisotopic (exact) mass is 359 g/mol. The molecule has 0 aliphatic rings. The number of benzene rings is 1. The van der Waals surface area contributed by atoms with Gasteiger partial charge in [0.15, 0.2) is 11.5 Å². The number of pyridine rings is 1. The highest BCUT2D eigenvalue weighted by atomic mass is 19.4. The van der Waals surface area contributed by atoms with Gasteiger partial charge in [-0.25, -0.2) is 9.37 Å². The van der Waals surface area contributed by atoms with Gasteiger partial charge in [0.1, 0.15) is 0 Å². The summed E-state index contributed by atoms with van der Waals surface area (Å²) < 4.78 is 116. The summed E-state index contributed by atoms with van der Waals surface area (Å²) in [7, 11) is 0. The van der Waals surface area contributed by atoms with E-state index in [1.807, 2.05) is 0 Å². The Morgan fingerprint density at radius 2 is 1.33 bits per heavy atom. The van der Waals surface area contributed by atoms with Crippen LogP contribution < -0.4 is 0 Å². The highest BCUT2D eigenvalue weighted by Crippen LogP contribution is 2.47. The Morgan fingerprint density at radius 1 is 0.792 bits per heavy atom. The molecule has 0 radical (unpaired) electrons. The molecule has 0 unspecified atom stereocenters. The third-order valence-electron chi connectivity index (χ3n) is 2.99. The number of aromatic nitrogens is 1. The van der Waals surface area contributed by atoms with Crippen LogP contribution in [0.4, 0.5) is 39.5 Å². The maximum Gasteiger partial charge on any atom is 0.458 e. The molecule has 0 saturated heterocycles. The maximum absolute atomic E-state index is 13.7. The molecule has 0 saturated carbocycles. The fourth-order valence-electron chi connectivity index (χ4n) is 1.86. The van der Waals surface area contributed by atoms with Crippen LogP contribution in [-0.4, -0.2) is 11.2 Å². The number of alkyl halides is 8. The molecule has 1 aromatic heterocycles. The second kappa shape index (κ2) is 5.67. The zero-order chi connectivity index (χ0) is 18.3. The van der Waals surface area contributed by atoms with Gasteiger partial charge in [0.25, 0.3) is 0 Å². The van der Waals surface area contributed by atoms with Gasteiger partial charge in [0, 0.05) is 5.56 Å². The number of hydrogen-bond donors (Lipinski definition) is 0. The molecular weight excluding hydrogens is 353 g/mol. The van der Waals surface area contributed by atoms with E-state index in [1.165, 1.54) is 18.2 Å². The number of nitrogens with zero attached hydrogens (tertiary/aromatic N) is 1. The zero-order valence-electron chi connectivity index (χ0n) is 11.3. The van der Waals surface area contributed by atoms with Crippen LogP contribution in [0.3, 0.4) is 0 Å². The lowest BCUT2D eigenvalue weighted by atomic mass is 10.0. The van der Waals surface area contributed by atoms with Crippen molar-refractivity contribution in [1.29, 1.82) is 0 Å². The number of hydrogen-bond acceptors (Lipinski definition) is 1. The summed E-state index contributed by atoms with van der Waals surface area (Å²) in [6.07, 6.45) is -11.8. The highest BCUT2D eigenvalue weighted by molar-refractivity contribution is 5.60. The third kappa shape index (κ3) is 3.17. The van der Waals surface area contributed by atoms with E-state index >= 15 is 0 Å². The minimum absolute atomic E-state index is 0.0343. The Hall–Kier alpha value is -2.26. The van der Waals surface area contributed by atoms with Crippen LogP contribution in [0.1, 0.15) is 11.3 Å². The second-order valence-corrected chi connectivity index (χ2v) is 4.65. The van der Waals surface area contributed by atoms with E-state index in [0.717, 1.165) is 12.1 Å². The molecule has 2 aromatic rings. The summed E-state index contributed by atoms with van der Waals surface area (Å²) >= 11 is 0. The van der Waals surface area contributed by atoms with E-state index in [9.17, 15) is 39.5 Å². The molecule has 0 N–H and O–H groups in total. The first-order valence-corrected chi connectivity index (χ1v) is 6.14. The minimum Gasteiger partial charge on any atom is -0.240 e. The first-order chi connectivity index (χ1) is 10.9. The van der Waals surface area contributed by atoms with Crippen molar-refractivity contribution < 1.29 is 39.5 Å². The highest BCUT2D eigenvalue weighted by Gasteiger charge is 2.61. The van der Waals surface area contributed by atoms with Crippen LogP contribution in [0.25, 0.3) is 11.3 Å². The summed E-state index contributed by atoms with van der Waals surface area (Å²) in [6, 6.07) is 6.27. The van der Waals surface area contributed by atoms with Gasteiger partial charge in [-0.3, -0.25) is 0 Å². The molecule has 0 fully saturated rings. The zero-order valence-corrected chi connectivity index (χ0v) is 11.3. The predicted molar refractivity (Wildman–Crippen MR) is 64.6 cm³/mol. The molecule has 130 valence electrons. The summed E-state index contributed by atoms with van der Waals surface area (Å²) in [5, 5.41) is 0. The van der Waals surface area contributed by atoms with Crippen molar-refractivity contribution in [2.45, 2.75) is 18.3 Å². The molecule has 10 heteroatoms. The molecule has 1 heterocycles. The van der Waals surface area contributed by atoms with Crippen molar-refractivity contribution in [3.63, 3.8) is 0 Å². The molecule has 0 amide bonds. The molecule has 0 spiro atoms. The standard InChI is InChI=1S/C14H6F9N/c15-10-8(12(16,17)14(21,22)23)6-9(7-4-2-1-3-5-7)24-11(10)13(18,19)20/h1-6H. The summed E-state index contributed by atoms with van der Waals surface area (Å²) in [5.41, 5.74) is -5.91. The molecule has 24 heavy (non-hydrogen) atoms. The summed E-state index contributed by atoms with van der Waals surface area (Å²) in [6.45, 7) is 0. The first kappa shape index (κ1) is 18.1. The van der Waals surface area contributed by atoms with Crippen molar-refractivity contribution in [3.05, 3.63) is 53.5 Å². The summed E-state index contributed by atoms with van der Waals surface area (Å²) in [4.78, 5) is 2.87. The Kier molecular flexibility index (Phi) is 4.28. The van der Waals surface area contributed by atoms with E-state index in [4.69, 9.17) is 0 Å². The predicted octanol–water partition coefficient (Wildman–Crippen LogP) is 5.56. The molecule has 0 aliphatic heterocycles. The average molecular weight is 359 g/mol. The lowest BCUT2D eigenvalue weighted by Crippen LogP contribution is -2.35. The Bertz CT molecular complexity index is 732. The van der Waals surface area contributed by atoms with Gasteiger partial charge < -0.3 is 0 Å². The van der Waals surface area contributed by atoms with Crippen molar-refractivity contribution in [2.24, 2.45) is 0 Å². The van der Waals surface area contributed by atoms with Crippen LogP contribution in [0.15, 0.2) is 36.4 Å². The van der Waals surface area contributed by atoms with Gasteiger partial charge in [0.2, 0.25) is 0 Å². The van der Waals surface area contributed by atoms with Crippen LogP contribution in [-0.2, 0) is 12.1 Å². The van der Waals surface area contributed by atoms with Crippen LogP contribution in [0.2, 0.25) is 0 Å². The van der Waals surface area contributed by atoms with E-state index in [2.05, 4.69) is 4.98 Å². The smallest absolute Gasteiger partial charge is 0.240 e. The van der Waals surface area contributed by atoms with Crippen LogP contribution in [0, 0.1) is 5.82 Å². The van der Waals surface area contributed by atoms with Crippen LogP contribution in [0.5, 0.6) is 0 Å². The SMILES string of the molecule is Fc1c(C(F)(F)C(F)(F)F)cc(-c2ccccc2)nc1C(F)(F)F. The van der Waals surface area contributed by atoms with Crippen molar-refractivity contribution >= 4 is 0 Å². The van der Waals surface area contributed by atoms with Gasteiger partial charge >= 0.3 is 18.3 Å². The second-order valence-electron chi connectivity index (χ2n) is 4.65. The van der Waals surface area contributed by atoms with E-state index < -0.39 is 41.0 Å². The number of rotatable bonds is 2. The molecule has 2 rings (SSSR count). The normalized spacial score (nSPS) is 13.2. The number of halogens is 9. The van der Waals surface area contributed by atoms with Crippen molar-refractivity contribution in [3.8, 4) is 11.3 Å². The van der Waals surface area contributed by atoms with Gasteiger partial charge in [0.05, 0.1) is 11.3 Å². The van der Waals surface area contributed by atoms with Crippen molar-refractivity contribution in [2.75, 3.05) is 0 Å². The fourth-order valence-corrected chi connectivity index (χ4v) is 1.86. The molecule has 1 aromatic carbocycles. The van der Waals surface area contributed by atoms with E-state index in [0.29, 0.717) is 0 Å². The Labute approximate surface area is 128 Å². The van der Waals surface area contributed by atoms with Gasteiger partial charge in [-0.1, -0.05) is 30.3 Å². The van der Waals surface area contributed by atoms with Crippen LogP contribution >= 0.6 is 0 Å². The van der Waals surface area contributed by atoms with Gasteiger partial charge in [-0.05, 0) is 6.07 Å². The van der Waals surface area contributed by atoms with E-state index in [1.54, 1.807) is 0 Å². The van der Waals surface area contributed by atoms with Crippen molar-refractivity contribution in [1.82, 2.24) is 4.98 Å². The fraction of sp³-hybridized carbons (Fsp3) is 0.214. The Balaban J connectivity index is 2.81. The molecule has 0 bridgehead atoms. The van der Waals surface area contributed by atoms with Gasteiger partial charge in [-0.2, -0.15) is 35.1 Å². The van der Waals surface area contributed by atoms with E-state index in [-0.39, 0.29) is 11.6 Å². The first-order valence-electron chi connectivity index (χ1n) is 6.14. The molecule has 0 aliphatic carbocycles. The quantitative estimate of drug-likeness (QED) is 0.640. The molecule has 0 atom stereocenters. The topological polar surface area (TPSA) is 12.9 Å². The molecular formula is C14H6F9N. The molecule has 1 nitrogen and oxygen atoms in total. The summed E-state index contributed by atoms with van der Waals surface area (Å²) in [5.74, 6) is -8.58. The maximum atomic E-state index is 13.7. The lowest BCUT2D eigenvalue weighted by molar-refractivity contribution is -0.290. The third-order valence-corrected chi connectivity index (χ3v) is 2.99. The minimum atomic E-state index is -6.27. The average Bonchev–Trinajstić information content (AvgIpc) is 2.45. The Morgan fingerprint density at radius 3 is 1.79 bits per heavy atom.